The summed E-state index contributed by atoms with van der Waals surface area (Å²) in [6.45, 7) is 5.79. The highest BCUT2D eigenvalue weighted by molar-refractivity contribution is 5.92. The van der Waals surface area contributed by atoms with Crippen molar-refractivity contribution in [3.05, 3.63) is 35.8 Å². The van der Waals surface area contributed by atoms with Gasteiger partial charge in [-0.3, -0.25) is 9.59 Å². The van der Waals surface area contributed by atoms with Crippen LogP contribution < -0.4 is 16.0 Å². The lowest BCUT2D eigenvalue weighted by atomic mass is 9.94. The number of hydrogen-bond acceptors (Lipinski definition) is 8. The molecule has 0 radical (unpaired) electrons. The van der Waals surface area contributed by atoms with E-state index in [1.807, 2.05) is 13.8 Å². The Balaban J connectivity index is 1.43. The number of aromatic nitrogens is 3. The van der Waals surface area contributed by atoms with Crippen molar-refractivity contribution in [3.8, 4) is 0 Å². The number of halogens is 3. The lowest BCUT2D eigenvalue weighted by Gasteiger charge is -2.34. The predicted molar refractivity (Wildman–Crippen MR) is 150 cm³/mol. The first kappa shape index (κ1) is 30.5. The quantitative estimate of drug-likeness (QED) is 0.408. The average Bonchev–Trinajstić information content (AvgIpc) is 3.40. The molecular formula is C28H39F3N8O2. The number of amides is 2. The van der Waals surface area contributed by atoms with E-state index < -0.39 is 11.7 Å². The van der Waals surface area contributed by atoms with E-state index in [0.717, 1.165) is 45.0 Å². The Bertz CT molecular complexity index is 1200. The van der Waals surface area contributed by atoms with E-state index >= 15 is 0 Å². The van der Waals surface area contributed by atoms with Crippen molar-refractivity contribution in [3.63, 3.8) is 0 Å². The van der Waals surface area contributed by atoms with E-state index in [2.05, 4.69) is 42.8 Å². The summed E-state index contributed by atoms with van der Waals surface area (Å²) in [5.41, 5.74) is -0.282. The van der Waals surface area contributed by atoms with Gasteiger partial charge in [0.2, 0.25) is 11.9 Å². The van der Waals surface area contributed by atoms with Gasteiger partial charge in [0.25, 0.3) is 5.91 Å². The lowest BCUT2D eigenvalue weighted by Crippen LogP contribution is -2.44. The number of piperidine rings is 1. The van der Waals surface area contributed by atoms with Gasteiger partial charge >= 0.3 is 6.18 Å². The maximum Gasteiger partial charge on any atom is 0.421 e. The fourth-order valence-electron chi connectivity index (χ4n) is 5.48. The van der Waals surface area contributed by atoms with Crippen molar-refractivity contribution >= 4 is 29.3 Å². The third kappa shape index (κ3) is 7.84. The Labute approximate surface area is 238 Å². The van der Waals surface area contributed by atoms with Crippen LogP contribution in [0.4, 0.5) is 30.6 Å². The van der Waals surface area contributed by atoms with E-state index in [9.17, 15) is 22.8 Å². The lowest BCUT2D eigenvalue weighted by molar-refractivity contribution is -0.137. The normalized spacial score (nSPS) is 20.2. The van der Waals surface area contributed by atoms with Gasteiger partial charge in [-0.1, -0.05) is 6.42 Å². The van der Waals surface area contributed by atoms with Crippen molar-refractivity contribution < 1.29 is 22.8 Å². The molecule has 0 aromatic carbocycles. The van der Waals surface area contributed by atoms with Crippen LogP contribution in [0.25, 0.3) is 0 Å². The number of pyridine rings is 1. The van der Waals surface area contributed by atoms with Gasteiger partial charge in [0.15, 0.2) is 0 Å². The fraction of sp³-hybridized carbons (Fsp3) is 0.607. The molecule has 3 N–H and O–H groups in total. The first-order chi connectivity index (χ1) is 19.4. The second kappa shape index (κ2) is 13.0. The summed E-state index contributed by atoms with van der Waals surface area (Å²) in [5.74, 6) is -1.03. The van der Waals surface area contributed by atoms with Crippen LogP contribution in [0, 0.1) is 11.8 Å². The molecule has 1 aliphatic carbocycles. The summed E-state index contributed by atoms with van der Waals surface area (Å²) in [6, 6.07) is 3.33. The maximum atomic E-state index is 13.7. The molecule has 2 aromatic rings. The minimum Gasteiger partial charge on any atom is -0.369 e. The van der Waals surface area contributed by atoms with Gasteiger partial charge in [-0.25, -0.2) is 9.97 Å². The average molecular weight is 577 g/mol. The Morgan fingerprint density at radius 1 is 1.10 bits per heavy atom. The summed E-state index contributed by atoms with van der Waals surface area (Å²) in [4.78, 5) is 41.7. The molecule has 1 saturated carbocycles. The van der Waals surface area contributed by atoms with E-state index in [1.165, 1.54) is 6.20 Å². The highest BCUT2D eigenvalue weighted by Gasteiger charge is 2.37. The van der Waals surface area contributed by atoms with E-state index in [4.69, 9.17) is 0 Å². The maximum absolute atomic E-state index is 13.7. The van der Waals surface area contributed by atoms with E-state index in [-0.39, 0.29) is 59.7 Å². The largest absolute Gasteiger partial charge is 0.421 e. The summed E-state index contributed by atoms with van der Waals surface area (Å²) < 4.78 is 41.2. The molecule has 2 amide bonds. The molecule has 2 aromatic heterocycles. The Morgan fingerprint density at radius 3 is 2.46 bits per heavy atom. The third-order valence-electron chi connectivity index (χ3n) is 7.85. The third-order valence-corrected chi connectivity index (χ3v) is 7.85. The Hall–Kier alpha value is -3.48. The summed E-state index contributed by atoms with van der Waals surface area (Å²) in [5, 5.41) is 8.62. The molecular weight excluding hydrogens is 537 g/mol. The number of carbonyl (C=O) groups excluding carboxylic acids is 2. The first-order valence-electron chi connectivity index (χ1n) is 14.1. The van der Waals surface area contributed by atoms with Crippen LogP contribution in [0.15, 0.2) is 24.5 Å². The number of hydrogen-bond donors (Lipinski definition) is 3. The highest BCUT2D eigenvalue weighted by Crippen LogP contribution is 2.36. The number of carbonyl (C=O) groups is 2. The van der Waals surface area contributed by atoms with E-state index in [1.54, 1.807) is 24.1 Å². The van der Waals surface area contributed by atoms with Gasteiger partial charge in [-0.15, -0.1) is 0 Å². The van der Waals surface area contributed by atoms with Crippen LogP contribution in [0.3, 0.4) is 0 Å². The summed E-state index contributed by atoms with van der Waals surface area (Å²) in [6.07, 6.45) is 1.58. The summed E-state index contributed by atoms with van der Waals surface area (Å²) >= 11 is 0. The van der Waals surface area contributed by atoms with Crippen LogP contribution in [0.2, 0.25) is 0 Å². The monoisotopic (exact) mass is 576 g/mol. The molecule has 13 heteroatoms. The second-order valence-electron chi connectivity index (χ2n) is 11.3. The van der Waals surface area contributed by atoms with Crippen molar-refractivity contribution in [2.45, 2.75) is 64.2 Å². The molecule has 0 unspecified atom stereocenters. The van der Waals surface area contributed by atoms with Crippen LogP contribution in [-0.4, -0.2) is 82.4 Å². The number of alkyl halides is 3. The zero-order valence-electron chi connectivity index (χ0n) is 24.0. The zero-order valence-corrected chi connectivity index (χ0v) is 24.0. The first-order valence-corrected chi connectivity index (χ1v) is 14.1. The van der Waals surface area contributed by atoms with Gasteiger partial charge in [-0.2, -0.15) is 18.2 Å². The van der Waals surface area contributed by atoms with Gasteiger partial charge in [0.05, 0.1) is 11.9 Å². The molecule has 1 saturated heterocycles. The highest BCUT2D eigenvalue weighted by atomic mass is 19.4. The summed E-state index contributed by atoms with van der Waals surface area (Å²) in [7, 11) is 3.84. The Morgan fingerprint density at radius 2 is 1.83 bits per heavy atom. The van der Waals surface area contributed by atoms with Crippen LogP contribution in [0.5, 0.6) is 0 Å². The fourth-order valence-corrected chi connectivity index (χ4v) is 5.48. The minimum absolute atomic E-state index is 0.00852. The molecule has 1 aliphatic heterocycles. The van der Waals surface area contributed by atoms with Crippen LogP contribution >= 0.6 is 0 Å². The molecule has 224 valence electrons. The smallest absolute Gasteiger partial charge is 0.369 e. The molecule has 4 rings (SSSR count). The SMILES string of the molecule is CC(C)NC(=O)[C@H]1CCC[C@H]1CNc1nc(Nc2ccc(C(=O)N(C)C3CCN(C)CC3)nc2)ncc1C(F)(F)F. The second-order valence-corrected chi connectivity index (χ2v) is 11.3. The van der Waals surface area contributed by atoms with Crippen LogP contribution in [0.1, 0.15) is 62.0 Å². The molecule has 2 aliphatic rings. The predicted octanol–water partition coefficient (Wildman–Crippen LogP) is 4.15. The van der Waals surface area contributed by atoms with E-state index in [0.29, 0.717) is 12.1 Å². The van der Waals surface area contributed by atoms with Gasteiger partial charge in [-0.05, 0) is 77.7 Å². The van der Waals surface area contributed by atoms with Gasteiger partial charge in [0, 0.05) is 37.8 Å². The van der Waals surface area contributed by atoms with Crippen molar-refractivity contribution in [1.29, 1.82) is 0 Å². The molecule has 2 atom stereocenters. The van der Waals surface area contributed by atoms with Crippen molar-refractivity contribution in [2.75, 3.05) is 44.4 Å². The minimum atomic E-state index is -4.66. The number of rotatable bonds is 9. The number of likely N-dealkylation sites (tertiary alicyclic amines) is 1. The van der Waals surface area contributed by atoms with Gasteiger partial charge < -0.3 is 25.8 Å². The zero-order chi connectivity index (χ0) is 29.7. The standard InChI is InChI=1S/C28H39F3N8O2/c1-17(2)35-25(40)21-7-5-6-18(21)14-33-24-22(28(29,30)31)16-34-27(37-24)36-19-8-9-23(32-15-19)26(41)39(4)20-10-12-38(3)13-11-20/h8-9,15-18,20-21H,5-7,10-14H2,1-4H3,(H,35,40)(H2,33,34,36,37)/t18-,21-/m0/s1. The van der Waals surface area contributed by atoms with Gasteiger partial charge in [0.1, 0.15) is 17.1 Å². The van der Waals surface area contributed by atoms with Crippen molar-refractivity contribution in [2.24, 2.45) is 11.8 Å². The molecule has 3 heterocycles. The number of anilines is 3. The number of nitrogens with zero attached hydrogens (tertiary/aromatic N) is 5. The molecule has 0 spiro atoms. The van der Waals surface area contributed by atoms with Crippen LogP contribution in [-0.2, 0) is 11.0 Å². The topological polar surface area (TPSA) is 115 Å². The molecule has 41 heavy (non-hydrogen) atoms. The molecule has 10 nitrogen and oxygen atoms in total. The Kier molecular flexibility index (Phi) is 9.67. The molecule has 0 bridgehead atoms. The van der Waals surface area contributed by atoms with Crippen molar-refractivity contribution in [1.82, 2.24) is 30.1 Å². The number of nitrogens with one attached hydrogen (secondary N) is 3. The molecule has 2 fully saturated rings.